The first-order valence-corrected chi connectivity index (χ1v) is 15.6. The maximum Gasteiger partial charge on any atom is 0.407 e. The molecule has 1 amide bonds. The summed E-state index contributed by atoms with van der Waals surface area (Å²) in [6.07, 6.45) is -0.394. The van der Waals surface area contributed by atoms with Crippen LogP contribution in [0.1, 0.15) is 72.7 Å². The Kier molecular flexibility index (Phi) is 8.57. The van der Waals surface area contributed by atoms with Crippen molar-refractivity contribution < 1.29 is 14.0 Å². The number of halogens is 1. The summed E-state index contributed by atoms with van der Waals surface area (Å²) in [5, 5.41) is 4.24. The second-order valence-corrected chi connectivity index (χ2v) is 17.0. The van der Waals surface area contributed by atoms with Crippen LogP contribution < -0.4 is 5.32 Å². The zero-order chi connectivity index (χ0) is 25.4. The average Bonchev–Trinajstić information content (AvgIpc) is 3.00. The van der Waals surface area contributed by atoms with Crippen molar-refractivity contribution >= 4 is 41.2 Å². The van der Waals surface area contributed by atoms with Crippen molar-refractivity contribution in [3.63, 3.8) is 0 Å². The fourth-order valence-electron chi connectivity index (χ4n) is 3.81. The van der Waals surface area contributed by atoms with Crippen molar-refractivity contribution in [2.24, 2.45) is 5.92 Å². The SMILES string of the molecule is Cc1cc2c(cc1Br)cc(CO[Si](C)(C)C(C)(C)C(C)C)n2[C@H](C)CNC(=O)OC(C)(C)C. The Morgan fingerprint density at radius 1 is 1.12 bits per heavy atom. The highest BCUT2D eigenvalue weighted by molar-refractivity contribution is 9.10. The predicted octanol–water partition coefficient (Wildman–Crippen LogP) is 7.96. The van der Waals surface area contributed by atoms with E-state index in [1.807, 2.05) is 20.8 Å². The van der Waals surface area contributed by atoms with Gasteiger partial charge in [-0.1, -0.05) is 43.6 Å². The number of nitrogens with zero attached hydrogens (tertiary/aromatic N) is 1. The van der Waals surface area contributed by atoms with Crippen LogP contribution in [-0.4, -0.2) is 31.1 Å². The number of carbonyl (C=O) groups excluding carboxylic acids is 1. The molecule has 0 unspecified atom stereocenters. The third-order valence-electron chi connectivity index (χ3n) is 7.16. The number of fused-ring (bicyclic) bond motifs is 1. The number of hydrogen-bond acceptors (Lipinski definition) is 3. The predicted molar refractivity (Wildman–Crippen MR) is 144 cm³/mol. The van der Waals surface area contributed by atoms with Crippen molar-refractivity contribution in [3.8, 4) is 0 Å². The summed E-state index contributed by atoms with van der Waals surface area (Å²) in [6, 6.07) is 6.63. The van der Waals surface area contributed by atoms with Crippen LogP contribution >= 0.6 is 15.9 Å². The van der Waals surface area contributed by atoms with Crippen LogP contribution in [0.2, 0.25) is 18.1 Å². The van der Waals surface area contributed by atoms with Crippen molar-refractivity contribution in [1.29, 1.82) is 0 Å². The number of benzene rings is 1. The first-order chi connectivity index (χ1) is 15.0. The van der Waals surface area contributed by atoms with E-state index in [4.69, 9.17) is 9.16 Å². The van der Waals surface area contributed by atoms with E-state index < -0.39 is 20.0 Å². The molecule has 1 N–H and O–H groups in total. The lowest BCUT2D eigenvalue weighted by Crippen LogP contribution is -2.45. The molecule has 7 heteroatoms. The van der Waals surface area contributed by atoms with Crippen LogP contribution in [0.25, 0.3) is 10.9 Å². The normalized spacial score (nSPS) is 14.1. The number of alkyl carbamates (subject to hydrolysis) is 1. The number of aryl methyl sites for hydroxylation is 1. The molecule has 0 aliphatic heterocycles. The molecule has 1 atom stereocenters. The molecule has 5 nitrogen and oxygen atoms in total. The molecule has 0 fully saturated rings. The highest BCUT2D eigenvalue weighted by atomic mass is 79.9. The summed E-state index contributed by atoms with van der Waals surface area (Å²) in [5.41, 5.74) is 2.93. The number of ether oxygens (including phenoxy) is 1. The number of carbonyl (C=O) groups is 1. The monoisotopic (exact) mass is 538 g/mol. The van der Waals surface area contributed by atoms with E-state index in [2.05, 4.69) is 98.6 Å². The van der Waals surface area contributed by atoms with E-state index in [-0.39, 0.29) is 11.1 Å². The average molecular weight is 540 g/mol. The first-order valence-electron chi connectivity index (χ1n) is 11.9. The molecule has 2 aromatic rings. The molecule has 0 aliphatic rings. The maximum atomic E-state index is 12.2. The molecule has 1 aromatic heterocycles. The van der Waals surface area contributed by atoms with Gasteiger partial charge in [-0.2, -0.15) is 0 Å². The third-order valence-corrected chi connectivity index (χ3v) is 12.6. The molecule has 1 aromatic carbocycles. The number of nitrogens with one attached hydrogen (secondary N) is 1. The summed E-state index contributed by atoms with van der Waals surface area (Å²) < 4.78 is 15.5. The summed E-state index contributed by atoms with van der Waals surface area (Å²) >= 11 is 3.67. The summed E-state index contributed by atoms with van der Waals surface area (Å²) in [4.78, 5) is 12.2. The van der Waals surface area contributed by atoms with Gasteiger partial charge < -0.3 is 19.0 Å². The van der Waals surface area contributed by atoms with Gasteiger partial charge in [0.2, 0.25) is 0 Å². The molecule has 2 rings (SSSR count). The van der Waals surface area contributed by atoms with Crippen LogP contribution in [0, 0.1) is 12.8 Å². The molecule has 0 saturated heterocycles. The fourth-order valence-corrected chi connectivity index (χ4v) is 6.45. The Morgan fingerprint density at radius 3 is 2.27 bits per heavy atom. The van der Waals surface area contributed by atoms with Crippen molar-refractivity contribution in [2.75, 3.05) is 6.54 Å². The lowest BCUT2D eigenvalue weighted by molar-refractivity contribution is 0.0521. The lowest BCUT2D eigenvalue weighted by atomic mass is 9.99. The highest BCUT2D eigenvalue weighted by Crippen LogP contribution is 2.45. The van der Waals surface area contributed by atoms with Gasteiger partial charge in [0.25, 0.3) is 0 Å². The number of amides is 1. The van der Waals surface area contributed by atoms with E-state index in [9.17, 15) is 4.79 Å². The van der Waals surface area contributed by atoms with Gasteiger partial charge in [-0.3, -0.25) is 0 Å². The minimum absolute atomic E-state index is 0.0390. The smallest absolute Gasteiger partial charge is 0.407 e. The second kappa shape index (κ2) is 10.1. The van der Waals surface area contributed by atoms with Crippen LogP contribution in [0.4, 0.5) is 4.79 Å². The van der Waals surface area contributed by atoms with Crippen molar-refractivity contribution in [1.82, 2.24) is 9.88 Å². The topological polar surface area (TPSA) is 52.5 Å². The maximum absolute atomic E-state index is 12.2. The largest absolute Gasteiger partial charge is 0.444 e. The number of rotatable bonds is 8. The zero-order valence-electron chi connectivity index (χ0n) is 22.4. The third kappa shape index (κ3) is 6.64. The van der Waals surface area contributed by atoms with E-state index in [1.165, 1.54) is 5.56 Å². The summed E-state index contributed by atoms with van der Waals surface area (Å²) in [7, 11) is -1.98. The molecular formula is C26H43BrN2O3Si. The van der Waals surface area contributed by atoms with Gasteiger partial charge >= 0.3 is 6.09 Å². The van der Waals surface area contributed by atoms with Crippen molar-refractivity contribution in [2.45, 2.75) is 98.7 Å². The van der Waals surface area contributed by atoms with E-state index in [0.717, 1.165) is 21.1 Å². The molecule has 0 aliphatic carbocycles. The lowest BCUT2D eigenvalue weighted by Gasteiger charge is -2.42. The Balaban J connectivity index is 2.36. The minimum Gasteiger partial charge on any atom is -0.444 e. The Hall–Kier alpha value is -1.31. The number of hydrogen-bond donors (Lipinski definition) is 1. The van der Waals surface area contributed by atoms with E-state index in [0.29, 0.717) is 19.1 Å². The molecular weight excluding hydrogens is 496 g/mol. The Labute approximate surface area is 209 Å². The van der Waals surface area contributed by atoms with E-state index >= 15 is 0 Å². The van der Waals surface area contributed by atoms with Gasteiger partial charge in [0.05, 0.1) is 6.61 Å². The second-order valence-electron chi connectivity index (χ2n) is 11.6. The molecule has 186 valence electrons. The minimum atomic E-state index is -1.98. The molecule has 33 heavy (non-hydrogen) atoms. The van der Waals surface area contributed by atoms with Gasteiger partial charge in [-0.15, -0.1) is 0 Å². The standard InChI is InChI=1S/C26H43BrN2O3Si/c1-17(2)26(8,9)33(10,11)31-16-21-13-20-14-22(27)18(3)12-23(20)29(21)19(4)15-28-24(30)32-25(5,6)7/h12-14,17,19H,15-16H2,1-11H3,(H,28,30)/t19-/m1/s1. The van der Waals surface area contributed by atoms with Gasteiger partial charge in [0, 0.05) is 33.7 Å². The molecule has 0 radical (unpaired) electrons. The van der Waals surface area contributed by atoms with E-state index in [1.54, 1.807) is 0 Å². The van der Waals surface area contributed by atoms with Crippen LogP contribution in [0.15, 0.2) is 22.7 Å². The summed E-state index contributed by atoms with van der Waals surface area (Å²) in [6.45, 7) is 24.7. The summed E-state index contributed by atoms with van der Waals surface area (Å²) in [5.74, 6) is 0.542. The Morgan fingerprint density at radius 2 is 1.73 bits per heavy atom. The molecule has 1 heterocycles. The van der Waals surface area contributed by atoms with Gasteiger partial charge in [0.1, 0.15) is 5.60 Å². The number of aromatic nitrogens is 1. The van der Waals surface area contributed by atoms with Crippen LogP contribution in [0.3, 0.4) is 0 Å². The quantitative estimate of drug-likeness (QED) is 0.346. The van der Waals surface area contributed by atoms with Gasteiger partial charge in [0.15, 0.2) is 8.32 Å². The first kappa shape index (κ1) is 27.9. The Bertz CT molecular complexity index is 990. The van der Waals surface area contributed by atoms with Crippen molar-refractivity contribution in [3.05, 3.63) is 33.9 Å². The molecule has 0 spiro atoms. The van der Waals surface area contributed by atoms with Gasteiger partial charge in [-0.05, 0) is 82.4 Å². The van der Waals surface area contributed by atoms with Crippen LogP contribution in [0.5, 0.6) is 0 Å². The fraction of sp³-hybridized carbons (Fsp3) is 0.654. The van der Waals surface area contributed by atoms with Gasteiger partial charge in [-0.25, -0.2) is 4.79 Å². The molecule has 0 saturated carbocycles. The van der Waals surface area contributed by atoms with Crippen LogP contribution in [-0.2, 0) is 15.8 Å². The molecule has 0 bridgehead atoms. The zero-order valence-corrected chi connectivity index (χ0v) is 24.9. The highest BCUT2D eigenvalue weighted by Gasteiger charge is 2.43.